The zero-order valence-electron chi connectivity index (χ0n) is 26.8. The number of para-hydroxylation sites is 1. The first-order valence-electron chi connectivity index (χ1n) is 14.6. The smallest absolute Gasteiger partial charge is 0.410 e. The summed E-state index contributed by atoms with van der Waals surface area (Å²) < 4.78 is 18.9. The molecule has 1 aromatic heterocycles. The molecule has 10 nitrogen and oxygen atoms in total. The number of aryl methyl sites for hydroxylation is 1. The van der Waals surface area contributed by atoms with Gasteiger partial charge in [0.15, 0.2) is 0 Å². The number of rotatable bonds is 11. The quantitative estimate of drug-likeness (QED) is 0.303. The number of carbonyl (C=O) groups excluding carboxylic acids is 2. The molecule has 0 bridgehead atoms. The molecule has 1 atom stereocenters. The fourth-order valence-electron chi connectivity index (χ4n) is 4.99. The van der Waals surface area contributed by atoms with Crippen molar-refractivity contribution in [3.8, 4) is 0 Å². The molecule has 0 spiro atoms. The molecule has 0 aliphatic carbocycles. The Bertz CT molecular complexity index is 1200. The SMILES string of the molecule is COCCN1CCN(C(=O)OC(C)(C)C)C[C@H]1C(=O)NC(C)(C)c1nn(COCC[Si](C)(C)C)c2c(C)cccc12. The molecular weight excluding hydrogens is 538 g/mol. The van der Waals surface area contributed by atoms with Gasteiger partial charge in [0, 0.05) is 53.4 Å². The molecule has 2 amide bonds. The van der Waals surface area contributed by atoms with Crippen LogP contribution in [0.25, 0.3) is 10.9 Å². The zero-order valence-corrected chi connectivity index (χ0v) is 27.8. The highest BCUT2D eigenvalue weighted by Gasteiger charge is 2.39. The van der Waals surface area contributed by atoms with Gasteiger partial charge >= 0.3 is 6.09 Å². The van der Waals surface area contributed by atoms with Crippen molar-refractivity contribution in [2.45, 2.75) is 91.1 Å². The highest BCUT2D eigenvalue weighted by atomic mass is 28.3. The highest BCUT2D eigenvalue weighted by molar-refractivity contribution is 6.76. The molecule has 1 fully saturated rings. The van der Waals surface area contributed by atoms with Crippen LogP contribution in [0.5, 0.6) is 0 Å². The fourth-order valence-corrected chi connectivity index (χ4v) is 5.75. The van der Waals surface area contributed by atoms with E-state index >= 15 is 0 Å². The first-order chi connectivity index (χ1) is 19.0. The second-order valence-electron chi connectivity index (χ2n) is 13.8. The van der Waals surface area contributed by atoms with Gasteiger partial charge < -0.3 is 24.4 Å². The summed E-state index contributed by atoms with van der Waals surface area (Å²) in [7, 11) is 0.442. The molecule has 0 saturated carbocycles. The van der Waals surface area contributed by atoms with Gasteiger partial charge in [-0.3, -0.25) is 9.69 Å². The van der Waals surface area contributed by atoms with Crippen LogP contribution in [-0.4, -0.2) is 97.8 Å². The monoisotopic (exact) mass is 589 g/mol. The minimum atomic E-state index is -1.20. The van der Waals surface area contributed by atoms with Gasteiger partial charge in [0.2, 0.25) is 5.91 Å². The summed E-state index contributed by atoms with van der Waals surface area (Å²) in [5.41, 5.74) is 1.49. The number of methoxy groups -OCH3 is 1. The molecule has 1 aromatic carbocycles. The summed E-state index contributed by atoms with van der Waals surface area (Å²) >= 11 is 0. The van der Waals surface area contributed by atoms with Crippen LogP contribution in [0.4, 0.5) is 4.79 Å². The molecule has 2 aromatic rings. The lowest BCUT2D eigenvalue weighted by molar-refractivity contribution is -0.130. The summed E-state index contributed by atoms with van der Waals surface area (Å²) in [5.74, 6) is -0.166. The van der Waals surface area contributed by atoms with Gasteiger partial charge in [-0.15, -0.1) is 0 Å². The number of aromatic nitrogens is 2. The number of amides is 2. The lowest BCUT2D eigenvalue weighted by Crippen LogP contribution is -2.62. The largest absolute Gasteiger partial charge is 0.444 e. The average Bonchev–Trinajstić information content (AvgIpc) is 3.24. The predicted molar refractivity (Wildman–Crippen MR) is 165 cm³/mol. The summed E-state index contributed by atoms with van der Waals surface area (Å²) in [6.07, 6.45) is -0.407. The normalized spacial score (nSPS) is 17.2. The second kappa shape index (κ2) is 13.2. The third-order valence-electron chi connectivity index (χ3n) is 7.24. The number of fused-ring (bicyclic) bond motifs is 1. The lowest BCUT2D eigenvalue weighted by Gasteiger charge is -2.41. The topological polar surface area (TPSA) is 98.2 Å². The van der Waals surface area contributed by atoms with E-state index in [1.807, 2.05) is 51.4 Å². The van der Waals surface area contributed by atoms with E-state index in [1.165, 1.54) is 0 Å². The summed E-state index contributed by atoms with van der Waals surface area (Å²) in [4.78, 5) is 30.5. The number of ether oxygens (including phenoxy) is 3. The molecule has 0 radical (unpaired) electrons. The number of hydrogen-bond donors (Lipinski definition) is 1. The Kier molecular flexibility index (Phi) is 10.7. The molecule has 1 N–H and O–H groups in total. The maximum absolute atomic E-state index is 13.9. The maximum atomic E-state index is 13.9. The number of carbonyl (C=O) groups is 2. The zero-order chi connectivity index (χ0) is 30.6. The molecule has 11 heteroatoms. The van der Waals surface area contributed by atoms with E-state index in [-0.39, 0.29) is 12.5 Å². The minimum Gasteiger partial charge on any atom is -0.444 e. The lowest BCUT2D eigenvalue weighted by atomic mass is 9.95. The third-order valence-corrected chi connectivity index (χ3v) is 8.94. The summed E-state index contributed by atoms with van der Waals surface area (Å²) in [6.45, 7) is 21.9. The Hall–Kier alpha value is -2.47. The molecule has 2 heterocycles. The van der Waals surface area contributed by atoms with Gasteiger partial charge in [0.25, 0.3) is 0 Å². The van der Waals surface area contributed by atoms with Crippen molar-refractivity contribution in [1.82, 2.24) is 24.9 Å². The van der Waals surface area contributed by atoms with Crippen molar-refractivity contribution >= 4 is 31.0 Å². The van der Waals surface area contributed by atoms with Gasteiger partial charge in [-0.05, 0) is 53.1 Å². The second-order valence-corrected chi connectivity index (χ2v) is 19.4. The molecule has 41 heavy (non-hydrogen) atoms. The van der Waals surface area contributed by atoms with Crippen molar-refractivity contribution in [3.05, 3.63) is 29.5 Å². The van der Waals surface area contributed by atoms with Crippen LogP contribution in [0.2, 0.25) is 25.7 Å². The first kappa shape index (κ1) is 33.0. The Morgan fingerprint density at radius 1 is 1.10 bits per heavy atom. The molecule has 230 valence electrons. The molecule has 3 rings (SSSR count). The van der Waals surface area contributed by atoms with Crippen LogP contribution >= 0.6 is 0 Å². The number of nitrogens with one attached hydrogen (secondary N) is 1. The van der Waals surface area contributed by atoms with Crippen LogP contribution in [0.3, 0.4) is 0 Å². The van der Waals surface area contributed by atoms with Gasteiger partial charge in [-0.1, -0.05) is 37.8 Å². The highest BCUT2D eigenvalue weighted by Crippen LogP contribution is 2.30. The Balaban J connectivity index is 1.84. The number of piperazine rings is 1. The van der Waals surface area contributed by atoms with E-state index in [0.717, 1.165) is 28.2 Å². The van der Waals surface area contributed by atoms with Gasteiger partial charge in [0.1, 0.15) is 18.4 Å². The maximum Gasteiger partial charge on any atom is 0.410 e. The van der Waals surface area contributed by atoms with Crippen LogP contribution in [0.15, 0.2) is 18.2 Å². The van der Waals surface area contributed by atoms with E-state index in [1.54, 1.807) is 12.0 Å². The Morgan fingerprint density at radius 2 is 1.80 bits per heavy atom. The van der Waals surface area contributed by atoms with Crippen molar-refractivity contribution in [2.24, 2.45) is 0 Å². The number of benzene rings is 1. The standard InChI is InChI=1S/C30H51N5O5Si/c1-22-12-11-13-23-25(22)35(21-39-18-19-41(8,9)10)32-26(23)30(5,6)31-27(36)24-20-34(28(37)40-29(2,3)4)15-14-33(24)16-17-38-7/h11-13,24H,14-21H2,1-10H3,(H,31,36)/t24-/m0/s1. The Labute approximate surface area is 246 Å². The van der Waals surface area contributed by atoms with Gasteiger partial charge in [-0.2, -0.15) is 5.10 Å². The minimum absolute atomic E-state index is 0.166. The molecule has 1 aliphatic rings. The third kappa shape index (κ3) is 9.00. The molecular formula is C30H51N5O5Si. The molecule has 0 unspecified atom stereocenters. The van der Waals surface area contributed by atoms with Gasteiger partial charge in [0.05, 0.1) is 23.4 Å². The first-order valence-corrected chi connectivity index (χ1v) is 18.3. The molecule has 1 saturated heterocycles. The van der Waals surface area contributed by atoms with Crippen molar-refractivity contribution in [3.63, 3.8) is 0 Å². The van der Waals surface area contributed by atoms with E-state index in [4.69, 9.17) is 19.3 Å². The van der Waals surface area contributed by atoms with Crippen LogP contribution in [0, 0.1) is 6.92 Å². The van der Waals surface area contributed by atoms with Gasteiger partial charge in [-0.25, -0.2) is 9.48 Å². The van der Waals surface area contributed by atoms with Crippen molar-refractivity contribution < 1.29 is 23.8 Å². The average molecular weight is 590 g/mol. The van der Waals surface area contributed by atoms with Crippen molar-refractivity contribution in [1.29, 1.82) is 0 Å². The van der Waals surface area contributed by atoms with E-state index < -0.39 is 31.3 Å². The number of nitrogens with zero attached hydrogens (tertiary/aromatic N) is 4. The summed E-state index contributed by atoms with van der Waals surface area (Å²) in [6, 6.07) is 6.67. The number of hydrogen-bond acceptors (Lipinski definition) is 7. The van der Waals surface area contributed by atoms with E-state index in [2.05, 4.69) is 42.8 Å². The van der Waals surface area contributed by atoms with Crippen molar-refractivity contribution in [2.75, 3.05) is 46.5 Å². The van der Waals surface area contributed by atoms with E-state index in [0.29, 0.717) is 39.6 Å². The predicted octanol–water partition coefficient (Wildman–Crippen LogP) is 4.58. The van der Waals surface area contributed by atoms with Crippen LogP contribution in [-0.2, 0) is 31.3 Å². The van der Waals surface area contributed by atoms with Crippen LogP contribution in [0.1, 0.15) is 45.9 Å². The molecule has 1 aliphatic heterocycles. The summed E-state index contributed by atoms with van der Waals surface area (Å²) in [5, 5.41) is 9.22. The van der Waals surface area contributed by atoms with E-state index in [9.17, 15) is 9.59 Å². The fraction of sp³-hybridized carbons (Fsp3) is 0.700. The Morgan fingerprint density at radius 3 is 2.44 bits per heavy atom. The van der Waals surface area contributed by atoms with Crippen LogP contribution < -0.4 is 5.32 Å².